The molecular weight excluding hydrogens is 478 g/mol. The Labute approximate surface area is 192 Å². The summed E-state index contributed by atoms with van der Waals surface area (Å²) >= 11 is 0. The first-order valence-corrected chi connectivity index (χ1v) is 12.1. The van der Waals surface area contributed by atoms with Gasteiger partial charge in [0.05, 0.1) is 11.5 Å². The van der Waals surface area contributed by atoms with Crippen molar-refractivity contribution in [2.24, 2.45) is 0 Å². The Balaban J connectivity index is 1.71. The molecule has 0 aliphatic carbocycles. The fourth-order valence-electron chi connectivity index (χ4n) is 3.64. The van der Waals surface area contributed by atoms with E-state index in [1.54, 1.807) is 0 Å². The van der Waals surface area contributed by atoms with E-state index < -0.39 is 39.4 Å². The average Bonchev–Trinajstić information content (AvgIpc) is 2.76. The minimum Gasteiger partial charge on any atom is -0.489 e. The van der Waals surface area contributed by atoms with E-state index in [2.05, 4.69) is 4.74 Å². The second-order valence-corrected chi connectivity index (χ2v) is 10.1. The predicted molar refractivity (Wildman–Crippen MR) is 116 cm³/mol. The largest absolute Gasteiger partial charge is 0.573 e. The van der Waals surface area contributed by atoms with Gasteiger partial charge in [-0.2, -0.15) is 0 Å². The number of alkyl halides is 3. The van der Waals surface area contributed by atoms with Crippen molar-refractivity contribution < 1.29 is 35.5 Å². The van der Waals surface area contributed by atoms with E-state index in [1.807, 2.05) is 0 Å². The van der Waals surface area contributed by atoms with Gasteiger partial charge >= 0.3 is 6.36 Å². The van der Waals surface area contributed by atoms with Gasteiger partial charge in [0.1, 0.15) is 23.4 Å². The zero-order valence-corrected chi connectivity index (χ0v) is 18.4. The van der Waals surface area contributed by atoms with Crippen LogP contribution in [0.15, 0.2) is 65.6 Å². The lowest BCUT2D eigenvalue weighted by molar-refractivity contribution is -0.274. The Kier molecular flexibility index (Phi) is 6.39. The Morgan fingerprint density at radius 2 is 1.56 bits per heavy atom. The van der Waals surface area contributed by atoms with E-state index in [4.69, 9.17) is 4.74 Å². The molecule has 3 aromatic rings. The van der Waals surface area contributed by atoms with Crippen LogP contribution in [0.2, 0.25) is 0 Å². The third-order valence-electron chi connectivity index (χ3n) is 5.31. The molecule has 0 radical (unpaired) electrons. The predicted octanol–water partition coefficient (Wildman–Crippen LogP) is 4.50. The molecule has 0 unspecified atom stereocenters. The van der Waals surface area contributed by atoms with E-state index in [0.29, 0.717) is 11.1 Å². The Morgan fingerprint density at radius 1 is 0.941 bits per heavy atom. The molecule has 11 heteroatoms. The van der Waals surface area contributed by atoms with Gasteiger partial charge in [0.15, 0.2) is 9.84 Å². The molecule has 2 aromatic carbocycles. The second-order valence-electron chi connectivity index (χ2n) is 7.78. The number of halogens is 4. The first-order chi connectivity index (χ1) is 16.0. The van der Waals surface area contributed by atoms with Gasteiger partial charge in [-0.25, -0.2) is 12.8 Å². The van der Waals surface area contributed by atoms with Crippen LogP contribution in [0.5, 0.6) is 11.5 Å². The van der Waals surface area contributed by atoms with Crippen molar-refractivity contribution in [3.8, 4) is 28.3 Å². The third kappa shape index (κ3) is 5.77. The van der Waals surface area contributed by atoms with Crippen molar-refractivity contribution in [2.45, 2.75) is 25.3 Å². The number of rotatable bonds is 5. The van der Waals surface area contributed by atoms with Crippen LogP contribution < -0.4 is 15.0 Å². The molecule has 4 rings (SSSR count). The lowest BCUT2D eigenvalue weighted by Gasteiger charge is -2.25. The van der Waals surface area contributed by atoms with E-state index in [-0.39, 0.29) is 35.8 Å². The minimum absolute atomic E-state index is 0.0209. The topological polar surface area (TPSA) is 74.6 Å². The van der Waals surface area contributed by atoms with Crippen molar-refractivity contribution in [3.63, 3.8) is 0 Å². The van der Waals surface area contributed by atoms with Crippen LogP contribution in [0.3, 0.4) is 0 Å². The van der Waals surface area contributed by atoms with Crippen LogP contribution in [0.25, 0.3) is 16.8 Å². The fraction of sp³-hybridized carbons (Fsp3) is 0.261. The lowest BCUT2D eigenvalue weighted by atomic mass is 10.1. The fourth-order valence-corrected chi connectivity index (χ4v) is 5.08. The molecule has 0 N–H and O–H groups in total. The van der Waals surface area contributed by atoms with Crippen molar-refractivity contribution in [1.82, 2.24) is 4.57 Å². The zero-order valence-electron chi connectivity index (χ0n) is 17.6. The number of nitrogens with zero attached hydrogens (tertiary/aromatic N) is 1. The molecule has 1 fully saturated rings. The maximum absolute atomic E-state index is 13.5. The highest BCUT2D eigenvalue weighted by atomic mass is 32.2. The molecule has 0 saturated carbocycles. The molecule has 0 atom stereocenters. The summed E-state index contributed by atoms with van der Waals surface area (Å²) in [7, 11) is -3.11. The van der Waals surface area contributed by atoms with E-state index in [1.165, 1.54) is 53.2 Å². The molecule has 180 valence electrons. The summed E-state index contributed by atoms with van der Waals surface area (Å²) in [5, 5.41) is 0. The number of ether oxygens (including phenoxy) is 2. The molecule has 1 aromatic heterocycles. The average molecular weight is 497 g/mol. The quantitative estimate of drug-likeness (QED) is 0.486. The van der Waals surface area contributed by atoms with E-state index in [0.717, 1.165) is 12.1 Å². The standard InChI is InChI=1S/C23H19F4NO5S/c24-16-3-1-15(2-4-16)20-14-28(17-5-7-19(8-6-17)33-23(25,26)27)22(29)13-21(20)32-18-9-11-34(30,31)12-10-18/h1-8,13-14,18H,9-12H2. The molecule has 0 bridgehead atoms. The number of sulfone groups is 1. The van der Waals surface area contributed by atoms with Crippen LogP contribution in [0.1, 0.15) is 12.8 Å². The maximum Gasteiger partial charge on any atom is 0.573 e. The van der Waals surface area contributed by atoms with Gasteiger partial charge in [-0.1, -0.05) is 12.1 Å². The van der Waals surface area contributed by atoms with E-state index >= 15 is 0 Å². The van der Waals surface area contributed by atoms with Crippen LogP contribution >= 0.6 is 0 Å². The summed E-state index contributed by atoms with van der Waals surface area (Å²) in [5.74, 6) is -0.735. The second kappa shape index (κ2) is 9.13. The highest BCUT2D eigenvalue weighted by Gasteiger charge is 2.31. The monoisotopic (exact) mass is 497 g/mol. The SMILES string of the molecule is O=c1cc(OC2CCS(=O)(=O)CC2)c(-c2ccc(F)cc2)cn1-c1ccc(OC(F)(F)F)cc1. The highest BCUT2D eigenvalue weighted by molar-refractivity contribution is 7.91. The zero-order chi connectivity index (χ0) is 24.5. The number of pyridine rings is 1. The van der Waals surface area contributed by atoms with Crippen molar-refractivity contribution >= 4 is 9.84 Å². The number of benzene rings is 2. The first kappa shape index (κ1) is 23.8. The summed E-state index contributed by atoms with van der Waals surface area (Å²) in [6, 6.07) is 11.5. The smallest absolute Gasteiger partial charge is 0.489 e. The molecule has 1 aliphatic rings. The van der Waals surface area contributed by atoms with Crippen molar-refractivity contribution in [2.75, 3.05) is 11.5 Å². The highest BCUT2D eigenvalue weighted by Crippen LogP contribution is 2.32. The van der Waals surface area contributed by atoms with Gasteiger partial charge in [-0.15, -0.1) is 13.2 Å². The molecule has 34 heavy (non-hydrogen) atoms. The Morgan fingerprint density at radius 3 is 2.15 bits per heavy atom. The summed E-state index contributed by atoms with van der Waals surface area (Å²) in [4.78, 5) is 12.9. The van der Waals surface area contributed by atoms with E-state index in [9.17, 15) is 30.8 Å². The van der Waals surface area contributed by atoms with Crippen LogP contribution in [-0.2, 0) is 9.84 Å². The maximum atomic E-state index is 13.5. The molecule has 1 saturated heterocycles. The normalized spacial score (nSPS) is 16.2. The molecule has 2 heterocycles. The molecule has 0 spiro atoms. The minimum atomic E-state index is -4.84. The Hall–Kier alpha value is -3.34. The molecule has 6 nitrogen and oxygen atoms in total. The van der Waals surface area contributed by atoms with Crippen LogP contribution in [-0.4, -0.2) is 37.0 Å². The third-order valence-corrected chi connectivity index (χ3v) is 7.03. The van der Waals surface area contributed by atoms with Gasteiger partial charge < -0.3 is 9.47 Å². The number of aromatic nitrogens is 1. The van der Waals surface area contributed by atoms with Gasteiger partial charge in [0.2, 0.25) is 0 Å². The molecule has 1 aliphatic heterocycles. The number of hydrogen-bond donors (Lipinski definition) is 0. The first-order valence-electron chi connectivity index (χ1n) is 10.2. The van der Waals surface area contributed by atoms with Gasteiger partial charge in [0, 0.05) is 23.5 Å². The summed E-state index contributed by atoms with van der Waals surface area (Å²) in [6.07, 6.45) is -3.27. The lowest BCUT2D eigenvalue weighted by Crippen LogP contribution is -2.31. The van der Waals surface area contributed by atoms with Gasteiger partial charge in [-0.05, 0) is 54.8 Å². The van der Waals surface area contributed by atoms with Crippen LogP contribution in [0, 0.1) is 5.82 Å². The van der Waals surface area contributed by atoms with Gasteiger partial charge in [-0.3, -0.25) is 9.36 Å². The summed E-state index contributed by atoms with van der Waals surface area (Å²) < 4.78 is 85.2. The van der Waals surface area contributed by atoms with Crippen LogP contribution in [0.4, 0.5) is 17.6 Å². The molecule has 0 amide bonds. The summed E-state index contributed by atoms with van der Waals surface area (Å²) in [6.45, 7) is 0. The summed E-state index contributed by atoms with van der Waals surface area (Å²) in [5.41, 5.74) is 0.723. The van der Waals surface area contributed by atoms with Crippen molar-refractivity contribution in [1.29, 1.82) is 0 Å². The Bertz CT molecular complexity index is 1320. The van der Waals surface area contributed by atoms with Crippen molar-refractivity contribution in [3.05, 3.63) is 77.0 Å². The van der Waals surface area contributed by atoms with Gasteiger partial charge in [0.25, 0.3) is 5.56 Å². The molecular formula is C23H19F4NO5S. The number of hydrogen-bond acceptors (Lipinski definition) is 5.